The van der Waals surface area contributed by atoms with Gasteiger partial charge in [0.2, 0.25) is 5.91 Å². The van der Waals surface area contributed by atoms with Crippen LogP contribution in [0, 0.1) is 13.8 Å². The zero-order valence-electron chi connectivity index (χ0n) is 20.4. The van der Waals surface area contributed by atoms with Crippen molar-refractivity contribution in [3.8, 4) is 17.1 Å². The van der Waals surface area contributed by atoms with Gasteiger partial charge in [0, 0.05) is 13.7 Å². The van der Waals surface area contributed by atoms with E-state index in [1.807, 2.05) is 47.9 Å². The summed E-state index contributed by atoms with van der Waals surface area (Å²) in [5.41, 5.74) is 2.24. The molecule has 3 aromatic heterocycles. The van der Waals surface area contributed by atoms with Crippen molar-refractivity contribution < 1.29 is 13.9 Å². The van der Waals surface area contributed by atoms with Crippen LogP contribution >= 0.6 is 11.8 Å². The van der Waals surface area contributed by atoms with Crippen molar-refractivity contribution in [1.82, 2.24) is 24.1 Å². The van der Waals surface area contributed by atoms with Gasteiger partial charge in [0.1, 0.15) is 11.4 Å². The van der Waals surface area contributed by atoms with E-state index in [9.17, 15) is 9.59 Å². The first-order chi connectivity index (χ1) is 17.4. The highest BCUT2D eigenvalue weighted by molar-refractivity contribution is 7.99. The minimum Gasteiger partial charge on any atom is -0.469 e. The lowest BCUT2D eigenvalue weighted by Crippen LogP contribution is -2.23. The van der Waals surface area contributed by atoms with E-state index in [2.05, 4.69) is 15.5 Å². The average molecular weight is 509 g/mol. The van der Waals surface area contributed by atoms with Crippen molar-refractivity contribution in [3.63, 3.8) is 0 Å². The van der Waals surface area contributed by atoms with E-state index < -0.39 is 0 Å². The highest BCUT2D eigenvalue weighted by atomic mass is 32.2. The summed E-state index contributed by atoms with van der Waals surface area (Å²) in [4.78, 5) is 26.0. The van der Waals surface area contributed by atoms with E-state index in [0.717, 1.165) is 36.5 Å². The normalized spacial score (nSPS) is 15.5. The molecule has 0 saturated carbocycles. The molecule has 1 amide bonds. The van der Waals surface area contributed by atoms with Crippen LogP contribution in [0.25, 0.3) is 17.1 Å². The molecule has 1 aromatic carbocycles. The van der Waals surface area contributed by atoms with Crippen LogP contribution in [0.15, 0.2) is 57.0 Å². The van der Waals surface area contributed by atoms with Gasteiger partial charge in [-0.2, -0.15) is 0 Å². The van der Waals surface area contributed by atoms with Crippen LogP contribution in [-0.2, 0) is 23.1 Å². The van der Waals surface area contributed by atoms with E-state index in [4.69, 9.17) is 9.15 Å². The molecule has 1 aliphatic heterocycles. The summed E-state index contributed by atoms with van der Waals surface area (Å²) < 4.78 is 16.6. The largest absolute Gasteiger partial charge is 0.469 e. The first-order valence-electron chi connectivity index (χ1n) is 11.8. The predicted octanol–water partition coefficient (Wildman–Crippen LogP) is 3.55. The summed E-state index contributed by atoms with van der Waals surface area (Å²) in [6.45, 7) is 5.03. The molecule has 1 unspecified atom stereocenters. The smallest absolute Gasteiger partial charge is 0.295 e. The number of para-hydroxylation sites is 1. The third kappa shape index (κ3) is 4.63. The number of aromatic nitrogens is 5. The van der Waals surface area contributed by atoms with E-state index in [1.165, 1.54) is 16.4 Å². The van der Waals surface area contributed by atoms with Crippen LogP contribution in [0.1, 0.15) is 24.3 Å². The van der Waals surface area contributed by atoms with E-state index >= 15 is 0 Å². The molecule has 1 aliphatic rings. The third-order valence-electron chi connectivity index (χ3n) is 6.38. The van der Waals surface area contributed by atoms with Gasteiger partial charge in [0.05, 0.1) is 41.6 Å². The number of ether oxygens (including phenoxy) is 1. The van der Waals surface area contributed by atoms with Gasteiger partial charge >= 0.3 is 0 Å². The minimum atomic E-state index is -0.293. The van der Waals surface area contributed by atoms with Crippen LogP contribution in [0.4, 0.5) is 5.69 Å². The summed E-state index contributed by atoms with van der Waals surface area (Å²) >= 11 is 1.28. The summed E-state index contributed by atoms with van der Waals surface area (Å²) in [6.07, 6.45) is 3.69. The van der Waals surface area contributed by atoms with Gasteiger partial charge in [-0.3, -0.25) is 18.8 Å². The van der Waals surface area contributed by atoms with Crippen molar-refractivity contribution in [1.29, 1.82) is 0 Å². The highest BCUT2D eigenvalue weighted by Crippen LogP contribution is 2.29. The van der Waals surface area contributed by atoms with E-state index in [-0.39, 0.29) is 29.0 Å². The second kappa shape index (κ2) is 10.2. The first-order valence-corrected chi connectivity index (χ1v) is 12.8. The molecule has 4 aromatic rings. The number of anilines is 1. The molecule has 1 atom stereocenters. The Labute approximate surface area is 212 Å². The number of carbonyl (C=O) groups is 1. The minimum absolute atomic E-state index is 0.0727. The lowest BCUT2D eigenvalue weighted by molar-refractivity contribution is -0.113. The molecule has 5 rings (SSSR count). The molecule has 4 heterocycles. The van der Waals surface area contributed by atoms with Gasteiger partial charge in [-0.25, -0.2) is 4.68 Å². The van der Waals surface area contributed by atoms with Crippen LogP contribution < -0.4 is 10.9 Å². The number of nitrogens with zero attached hydrogens (tertiary/aromatic N) is 5. The fraction of sp³-hybridized carbons (Fsp3) is 0.360. The summed E-state index contributed by atoms with van der Waals surface area (Å²) in [5, 5.41) is 12.2. The first kappa shape index (κ1) is 24.1. The molecule has 0 bridgehead atoms. The van der Waals surface area contributed by atoms with Crippen LogP contribution in [-0.4, -0.2) is 48.5 Å². The molecule has 188 valence electrons. The number of furan rings is 1. The number of hydrogen-bond donors (Lipinski definition) is 1. The fourth-order valence-corrected chi connectivity index (χ4v) is 5.13. The third-order valence-corrected chi connectivity index (χ3v) is 7.34. The van der Waals surface area contributed by atoms with Gasteiger partial charge in [-0.15, -0.1) is 10.2 Å². The topological polar surface area (TPSA) is 109 Å². The molecule has 1 fully saturated rings. The maximum Gasteiger partial charge on any atom is 0.295 e. The molecule has 1 saturated heterocycles. The zero-order valence-corrected chi connectivity index (χ0v) is 21.2. The number of aryl methyl sites for hydroxylation is 1. The maximum absolute atomic E-state index is 13.1. The van der Waals surface area contributed by atoms with E-state index in [1.54, 1.807) is 24.9 Å². The van der Waals surface area contributed by atoms with Crippen LogP contribution in [0.5, 0.6) is 0 Å². The van der Waals surface area contributed by atoms with Gasteiger partial charge in [0.15, 0.2) is 11.0 Å². The fourth-order valence-electron chi connectivity index (χ4n) is 4.39. The zero-order chi connectivity index (χ0) is 25.2. The van der Waals surface area contributed by atoms with Crippen molar-refractivity contribution >= 4 is 23.4 Å². The molecular formula is C25H28N6O4S. The number of thioether (sulfide) groups is 1. The molecule has 11 heteroatoms. The number of hydrogen-bond acceptors (Lipinski definition) is 7. The molecular weight excluding hydrogens is 480 g/mol. The lowest BCUT2D eigenvalue weighted by atomic mass is 10.2. The van der Waals surface area contributed by atoms with Gasteiger partial charge in [-0.05, 0) is 44.9 Å². The standard InChI is InChI=1S/C25H28N6O4S/c1-16-22(24(33)31(29(16)3)18-8-5-4-6-9-18)26-21(32)15-36-25-28-27-23(20-11-13-34-17(20)2)30(25)14-19-10-7-12-35-19/h4-6,8-9,11,13,19H,7,10,12,14-15H2,1-3H3,(H,26,32). The Kier molecular flexibility index (Phi) is 6.84. The summed E-state index contributed by atoms with van der Waals surface area (Å²) in [5.74, 6) is 1.22. The second-order valence-electron chi connectivity index (χ2n) is 8.72. The van der Waals surface area contributed by atoms with Crippen molar-refractivity contribution in [3.05, 3.63) is 64.5 Å². The second-order valence-corrected chi connectivity index (χ2v) is 9.66. The number of benzene rings is 1. The number of rotatable bonds is 8. The monoisotopic (exact) mass is 508 g/mol. The van der Waals surface area contributed by atoms with Crippen LogP contribution in [0.2, 0.25) is 0 Å². The Bertz CT molecular complexity index is 1430. The van der Waals surface area contributed by atoms with Gasteiger partial charge in [0.25, 0.3) is 5.56 Å². The summed E-state index contributed by atoms with van der Waals surface area (Å²) in [7, 11) is 1.79. The molecule has 10 nitrogen and oxygen atoms in total. The van der Waals surface area contributed by atoms with Gasteiger partial charge < -0.3 is 14.5 Å². The Balaban J connectivity index is 1.34. The average Bonchev–Trinajstić information content (AvgIpc) is 3.66. The number of nitrogens with one attached hydrogen (secondary N) is 1. The quantitative estimate of drug-likeness (QED) is 0.363. The molecule has 0 radical (unpaired) electrons. The maximum atomic E-state index is 13.1. The van der Waals surface area contributed by atoms with Crippen molar-refractivity contribution in [2.45, 2.75) is 44.5 Å². The highest BCUT2D eigenvalue weighted by Gasteiger charge is 2.24. The number of carbonyl (C=O) groups excluding carboxylic acids is 1. The number of amides is 1. The molecule has 0 spiro atoms. The molecule has 36 heavy (non-hydrogen) atoms. The lowest BCUT2D eigenvalue weighted by Gasteiger charge is -2.14. The molecule has 1 N–H and O–H groups in total. The van der Waals surface area contributed by atoms with E-state index in [0.29, 0.717) is 23.2 Å². The Morgan fingerprint density at radius 3 is 2.69 bits per heavy atom. The van der Waals surface area contributed by atoms with Crippen molar-refractivity contribution in [2.24, 2.45) is 7.05 Å². The Hall–Kier alpha value is -3.57. The van der Waals surface area contributed by atoms with Crippen LogP contribution in [0.3, 0.4) is 0 Å². The predicted molar refractivity (Wildman–Crippen MR) is 137 cm³/mol. The Morgan fingerprint density at radius 2 is 2.00 bits per heavy atom. The SMILES string of the molecule is Cc1occc1-c1nnc(SCC(=O)Nc2c(C)n(C)n(-c3ccccc3)c2=O)n1CC1CCCO1. The molecule has 0 aliphatic carbocycles. The van der Waals surface area contributed by atoms with Gasteiger partial charge in [-0.1, -0.05) is 30.0 Å². The van der Waals surface area contributed by atoms with Crippen molar-refractivity contribution in [2.75, 3.05) is 17.7 Å². The Morgan fingerprint density at radius 1 is 1.19 bits per heavy atom. The summed E-state index contributed by atoms with van der Waals surface area (Å²) in [6, 6.07) is 11.2.